The fraction of sp³-hybridized carbons (Fsp3) is 0.455. The first-order valence-electron chi connectivity index (χ1n) is 4.82. The largest absolute Gasteiger partial charge is 0.480 e. The number of hydrogen-bond acceptors (Lipinski definition) is 2. The highest BCUT2D eigenvalue weighted by atomic mass is 16.4. The Hall–Kier alpha value is -1.96. The molecular formula is C11H16N2O3. The van der Waals surface area contributed by atoms with E-state index in [-0.39, 0.29) is 12.6 Å². The first-order chi connectivity index (χ1) is 7.51. The quantitative estimate of drug-likeness (QED) is 0.515. The minimum Gasteiger partial charge on any atom is -0.480 e. The van der Waals surface area contributed by atoms with Gasteiger partial charge >= 0.3 is 12.0 Å². The van der Waals surface area contributed by atoms with Crippen molar-refractivity contribution < 1.29 is 14.7 Å². The van der Waals surface area contributed by atoms with Gasteiger partial charge in [0.1, 0.15) is 6.54 Å². The predicted octanol–water partition coefficient (Wildman–Crippen LogP) is 0.680. The minimum absolute atomic E-state index is 0.0288. The summed E-state index contributed by atoms with van der Waals surface area (Å²) in [6, 6.07) is -0.575. The molecule has 0 rings (SSSR count). The Morgan fingerprint density at radius 3 is 2.75 bits per heavy atom. The molecule has 0 aliphatic heterocycles. The Bertz CT molecular complexity index is 307. The van der Waals surface area contributed by atoms with Crippen LogP contribution >= 0.6 is 0 Å². The molecule has 0 aliphatic rings. The van der Waals surface area contributed by atoms with Crippen molar-refractivity contribution in [2.45, 2.75) is 19.4 Å². The third-order valence-electron chi connectivity index (χ3n) is 1.79. The maximum absolute atomic E-state index is 11.6. The normalized spacial score (nSPS) is 11.0. The summed E-state index contributed by atoms with van der Waals surface area (Å²) in [6.07, 6.45) is 7.34. The number of rotatable bonds is 6. The molecule has 88 valence electrons. The van der Waals surface area contributed by atoms with Crippen LogP contribution in [0.2, 0.25) is 0 Å². The predicted molar refractivity (Wildman–Crippen MR) is 60.8 cm³/mol. The summed E-state index contributed by atoms with van der Waals surface area (Å²) >= 11 is 0. The van der Waals surface area contributed by atoms with Crippen LogP contribution in [0.3, 0.4) is 0 Å². The molecule has 1 atom stereocenters. The molecule has 2 N–H and O–H groups in total. The van der Waals surface area contributed by atoms with Gasteiger partial charge in [-0.05, 0) is 13.3 Å². The molecular weight excluding hydrogens is 208 g/mol. The van der Waals surface area contributed by atoms with E-state index in [1.54, 1.807) is 13.0 Å². The van der Waals surface area contributed by atoms with E-state index in [1.165, 1.54) is 0 Å². The lowest BCUT2D eigenvalue weighted by Crippen LogP contribution is -2.46. The Balaban J connectivity index is 4.32. The first-order valence-corrected chi connectivity index (χ1v) is 4.82. The van der Waals surface area contributed by atoms with Crippen LogP contribution < -0.4 is 5.32 Å². The molecule has 0 aliphatic carbocycles. The number of carbonyl (C=O) groups excluding carboxylic acids is 1. The van der Waals surface area contributed by atoms with Gasteiger partial charge in [0, 0.05) is 6.04 Å². The Labute approximate surface area is 95.1 Å². The summed E-state index contributed by atoms with van der Waals surface area (Å²) < 4.78 is 0. The highest BCUT2D eigenvalue weighted by Gasteiger charge is 2.16. The third-order valence-corrected chi connectivity index (χ3v) is 1.79. The number of nitrogens with zero attached hydrogens (tertiary/aromatic N) is 1. The first kappa shape index (κ1) is 14.0. The number of hydrogen-bond donors (Lipinski definition) is 2. The van der Waals surface area contributed by atoms with Crippen molar-refractivity contribution in [3.63, 3.8) is 0 Å². The van der Waals surface area contributed by atoms with Gasteiger partial charge in [0.2, 0.25) is 0 Å². The lowest BCUT2D eigenvalue weighted by molar-refractivity contribution is -0.137. The van der Waals surface area contributed by atoms with Gasteiger partial charge in [0.15, 0.2) is 0 Å². The number of terminal acetylenes is 1. The van der Waals surface area contributed by atoms with Crippen LogP contribution in [-0.4, -0.2) is 41.1 Å². The number of amides is 2. The van der Waals surface area contributed by atoms with Crippen molar-refractivity contribution in [2.75, 3.05) is 13.1 Å². The molecule has 0 aromatic rings. The van der Waals surface area contributed by atoms with Gasteiger partial charge in [-0.25, -0.2) is 4.79 Å². The molecule has 5 nitrogen and oxygen atoms in total. The van der Waals surface area contributed by atoms with Gasteiger partial charge in [-0.15, -0.1) is 13.0 Å². The van der Waals surface area contributed by atoms with E-state index >= 15 is 0 Å². The van der Waals surface area contributed by atoms with E-state index in [9.17, 15) is 9.59 Å². The molecule has 0 radical (unpaired) electrons. The maximum Gasteiger partial charge on any atom is 0.323 e. The number of carbonyl (C=O) groups is 2. The molecule has 1 unspecified atom stereocenters. The fourth-order valence-corrected chi connectivity index (χ4v) is 1.08. The zero-order chi connectivity index (χ0) is 12.6. The molecule has 2 amide bonds. The van der Waals surface area contributed by atoms with Crippen molar-refractivity contribution in [3.8, 4) is 12.3 Å². The van der Waals surface area contributed by atoms with Crippen molar-refractivity contribution in [1.29, 1.82) is 0 Å². The Morgan fingerprint density at radius 1 is 1.69 bits per heavy atom. The van der Waals surface area contributed by atoms with E-state index in [4.69, 9.17) is 11.5 Å². The third kappa shape index (κ3) is 5.70. The van der Waals surface area contributed by atoms with Crippen molar-refractivity contribution in [1.82, 2.24) is 10.2 Å². The fourth-order valence-electron chi connectivity index (χ4n) is 1.08. The average molecular weight is 224 g/mol. The zero-order valence-corrected chi connectivity index (χ0v) is 9.27. The Kier molecular flexibility index (Phi) is 6.45. The van der Waals surface area contributed by atoms with Crippen LogP contribution in [0.5, 0.6) is 0 Å². The number of carboxylic acid groups (broad SMARTS) is 1. The Morgan fingerprint density at radius 2 is 2.31 bits per heavy atom. The summed E-state index contributed by atoms with van der Waals surface area (Å²) in [5.74, 6) is 1.15. The van der Waals surface area contributed by atoms with E-state index in [1.807, 2.05) is 0 Å². The average Bonchev–Trinajstić information content (AvgIpc) is 2.16. The monoisotopic (exact) mass is 224 g/mol. The second kappa shape index (κ2) is 7.35. The molecule has 0 aromatic heterocycles. The molecule has 0 saturated heterocycles. The van der Waals surface area contributed by atoms with Crippen molar-refractivity contribution >= 4 is 12.0 Å². The van der Waals surface area contributed by atoms with E-state index < -0.39 is 18.5 Å². The van der Waals surface area contributed by atoms with Gasteiger partial charge in [-0.2, -0.15) is 0 Å². The summed E-state index contributed by atoms with van der Waals surface area (Å²) in [5.41, 5.74) is 0. The number of carboxylic acids is 1. The lowest BCUT2D eigenvalue weighted by atomic mass is 10.2. The maximum atomic E-state index is 11.6. The summed E-state index contributed by atoms with van der Waals surface area (Å²) in [5, 5.41) is 11.2. The van der Waals surface area contributed by atoms with Crippen LogP contribution in [0.4, 0.5) is 4.79 Å². The van der Waals surface area contributed by atoms with Crippen LogP contribution in [0.15, 0.2) is 12.7 Å². The van der Waals surface area contributed by atoms with Gasteiger partial charge in [-0.1, -0.05) is 12.0 Å². The number of aliphatic carboxylic acids is 1. The van der Waals surface area contributed by atoms with Crippen LogP contribution in [0, 0.1) is 12.3 Å². The molecule has 0 fully saturated rings. The standard InChI is InChI=1S/C11H16N2O3/c1-4-6-9(3)12-11(16)13(7-5-2)8-10(14)15/h2,4,9H,1,6-8H2,3H3,(H,12,16)(H,14,15). The molecule has 16 heavy (non-hydrogen) atoms. The SMILES string of the molecule is C#CCN(CC(=O)O)C(=O)NC(C)CC=C. The smallest absolute Gasteiger partial charge is 0.323 e. The molecule has 0 aromatic carbocycles. The lowest BCUT2D eigenvalue weighted by Gasteiger charge is -2.21. The van der Waals surface area contributed by atoms with E-state index in [0.717, 1.165) is 4.90 Å². The highest BCUT2D eigenvalue weighted by molar-refractivity contribution is 5.80. The van der Waals surface area contributed by atoms with Gasteiger partial charge in [-0.3, -0.25) is 4.79 Å². The van der Waals surface area contributed by atoms with Gasteiger partial charge < -0.3 is 15.3 Å². The topological polar surface area (TPSA) is 69.6 Å². The van der Waals surface area contributed by atoms with Crippen molar-refractivity contribution in [2.24, 2.45) is 0 Å². The van der Waals surface area contributed by atoms with Gasteiger partial charge in [0.25, 0.3) is 0 Å². The van der Waals surface area contributed by atoms with Gasteiger partial charge in [0.05, 0.1) is 6.54 Å². The minimum atomic E-state index is -1.10. The summed E-state index contributed by atoms with van der Waals surface area (Å²) in [6.45, 7) is 4.91. The molecule has 0 heterocycles. The summed E-state index contributed by atoms with van der Waals surface area (Å²) in [7, 11) is 0. The van der Waals surface area contributed by atoms with Crippen LogP contribution in [0.1, 0.15) is 13.3 Å². The molecule has 5 heteroatoms. The summed E-state index contributed by atoms with van der Waals surface area (Å²) in [4.78, 5) is 23.1. The zero-order valence-electron chi connectivity index (χ0n) is 9.27. The molecule has 0 saturated carbocycles. The molecule has 0 spiro atoms. The van der Waals surface area contributed by atoms with E-state index in [2.05, 4.69) is 17.8 Å². The second-order valence-corrected chi connectivity index (χ2v) is 3.33. The number of nitrogens with one attached hydrogen (secondary N) is 1. The van der Waals surface area contributed by atoms with Crippen LogP contribution in [-0.2, 0) is 4.79 Å². The van der Waals surface area contributed by atoms with E-state index in [0.29, 0.717) is 6.42 Å². The highest BCUT2D eigenvalue weighted by Crippen LogP contribution is 1.95. The van der Waals surface area contributed by atoms with Crippen molar-refractivity contribution in [3.05, 3.63) is 12.7 Å². The molecule has 0 bridgehead atoms. The van der Waals surface area contributed by atoms with Crippen LogP contribution in [0.25, 0.3) is 0 Å². The second-order valence-electron chi connectivity index (χ2n) is 3.33. The number of urea groups is 1.